The number of aromatic amines is 1. The maximum absolute atomic E-state index is 12.5. The third kappa shape index (κ3) is 6.30. The minimum absolute atomic E-state index is 0.272. The monoisotopic (exact) mass is 444 g/mol. The number of methoxy groups -OCH3 is 1. The molecule has 0 spiro atoms. The summed E-state index contributed by atoms with van der Waals surface area (Å²) in [6.45, 7) is 4.06. The van der Waals surface area contributed by atoms with Gasteiger partial charge < -0.3 is 23.9 Å². The van der Waals surface area contributed by atoms with E-state index in [0.717, 1.165) is 11.1 Å². The van der Waals surface area contributed by atoms with Gasteiger partial charge in [-0.15, -0.1) is 0 Å². The summed E-state index contributed by atoms with van der Waals surface area (Å²) in [5.74, 6) is 0.816. The van der Waals surface area contributed by atoms with E-state index in [4.69, 9.17) is 30.5 Å². The number of benzene rings is 2. The number of imidazole rings is 1. The van der Waals surface area contributed by atoms with Crippen LogP contribution in [-0.4, -0.2) is 56.1 Å². The normalized spacial score (nSPS) is 10.8. The minimum Gasteiger partial charge on any atom is -0.491 e. The smallest absolute Gasteiger partial charge is 0.357 e. The van der Waals surface area contributed by atoms with Crippen LogP contribution in [0.2, 0.25) is 5.02 Å². The van der Waals surface area contributed by atoms with Crippen LogP contribution >= 0.6 is 11.6 Å². The van der Waals surface area contributed by atoms with E-state index in [9.17, 15) is 4.79 Å². The molecule has 0 bridgehead atoms. The van der Waals surface area contributed by atoms with Gasteiger partial charge in [-0.2, -0.15) is 0 Å². The second-order valence-corrected chi connectivity index (χ2v) is 6.95. The van der Waals surface area contributed by atoms with Gasteiger partial charge in [0.2, 0.25) is 0 Å². The predicted octanol–water partition coefficient (Wildman–Crippen LogP) is 4.62. The molecular formula is C23H25ClN2O5. The number of hydrogen-bond acceptors (Lipinski definition) is 6. The summed E-state index contributed by atoms with van der Waals surface area (Å²) in [4.78, 5) is 20.2. The van der Waals surface area contributed by atoms with Crippen molar-refractivity contribution in [3.63, 3.8) is 0 Å². The predicted molar refractivity (Wildman–Crippen MR) is 119 cm³/mol. The van der Waals surface area contributed by atoms with Crippen LogP contribution in [0.1, 0.15) is 17.4 Å². The Kier molecular flexibility index (Phi) is 8.46. The van der Waals surface area contributed by atoms with Crippen molar-refractivity contribution < 1.29 is 23.7 Å². The van der Waals surface area contributed by atoms with E-state index in [1.807, 2.05) is 36.4 Å². The summed E-state index contributed by atoms with van der Waals surface area (Å²) >= 11 is 5.99. The zero-order valence-electron chi connectivity index (χ0n) is 17.5. The Morgan fingerprint density at radius 2 is 1.65 bits per heavy atom. The van der Waals surface area contributed by atoms with E-state index in [1.54, 1.807) is 26.2 Å². The molecule has 7 nitrogen and oxygen atoms in total. The van der Waals surface area contributed by atoms with Gasteiger partial charge in [-0.3, -0.25) is 0 Å². The SMILES string of the molecule is CCOC(=O)c1[nH]c(-c2ccc(OCCOCCOC)cc2)nc1-c1ccc(Cl)cc1. The number of hydrogen-bond donors (Lipinski definition) is 1. The van der Waals surface area contributed by atoms with Crippen LogP contribution < -0.4 is 4.74 Å². The Morgan fingerprint density at radius 3 is 2.32 bits per heavy atom. The molecule has 8 heteroatoms. The van der Waals surface area contributed by atoms with Gasteiger partial charge in [0, 0.05) is 23.3 Å². The molecule has 0 aliphatic carbocycles. The molecule has 1 aromatic heterocycles. The Hall–Kier alpha value is -2.87. The number of nitrogens with one attached hydrogen (secondary N) is 1. The average molecular weight is 445 g/mol. The molecule has 0 amide bonds. The van der Waals surface area contributed by atoms with Crippen LogP contribution in [0.25, 0.3) is 22.6 Å². The van der Waals surface area contributed by atoms with Gasteiger partial charge in [-0.1, -0.05) is 23.7 Å². The Labute approximate surface area is 186 Å². The first-order chi connectivity index (χ1) is 15.1. The number of rotatable bonds is 11. The highest BCUT2D eigenvalue weighted by atomic mass is 35.5. The van der Waals surface area contributed by atoms with E-state index in [2.05, 4.69) is 9.97 Å². The second kappa shape index (κ2) is 11.5. The Morgan fingerprint density at radius 1 is 0.968 bits per heavy atom. The van der Waals surface area contributed by atoms with Gasteiger partial charge in [0.15, 0.2) is 5.69 Å². The number of carbonyl (C=O) groups excluding carboxylic acids is 1. The third-order valence-electron chi connectivity index (χ3n) is 4.36. The number of carbonyl (C=O) groups is 1. The van der Waals surface area contributed by atoms with Crippen LogP contribution in [-0.2, 0) is 14.2 Å². The summed E-state index contributed by atoms with van der Waals surface area (Å²) in [5, 5.41) is 0.608. The van der Waals surface area contributed by atoms with E-state index >= 15 is 0 Å². The van der Waals surface area contributed by atoms with Gasteiger partial charge in [-0.25, -0.2) is 9.78 Å². The lowest BCUT2D eigenvalue weighted by atomic mass is 10.1. The molecule has 164 valence electrons. The molecule has 0 unspecified atom stereocenters. The molecule has 0 aliphatic rings. The molecule has 0 radical (unpaired) electrons. The molecule has 2 aromatic carbocycles. The molecule has 0 atom stereocenters. The van der Waals surface area contributed by atoms with Crippen LogP contribution in [0.5, 0.6) is 5.75 Å². The molecule has 1 heterocycles. The first-order valence-corrected chi connectivity index (χ1v) is 10.3. The maximum Gasteiger partial charge on any atom is 0.357 e. The first kappa shape index (κ1) is 22.8. The molecule has 0 saturated heterocycles. The molecule has 0 saturated carbocycles. The van der Waals surface area contributed by atoms with E-state index in [0.29, 0.717) is 54.4 Å². The van der Waals surface area contributed by atoms with E-state index < -0.39 is 5.97 Å². The summed E-state index contributed by atoms with van der Waals surface area (Å²) in [7, 11) is 1.63. The van der Waals surface area contributed by atoms with Crippen LogP contribution in [0, 0.1) is 0 Å². The zero-order valence-corrected chi connectivity index (χ0v) is 18.3. The van der Waals surface area contributed by atoms with Gasteiger partial charge in [-0.05, 0) is 43.3 Å². The lowest BCUT2D eigenvalue weighted by Crippen LogP contribution is -2.09. The van der Waals surface area contributed by atoms with Crippen molar-refractivity contribution in [2.24, 2.45) is 0 Å². The fraction of sp³-hybridized carbons (Fsp3) is 0.304. The van der Waals surface area contributed by atoms with Crippen molar-refractivity contribution in [3.05, 3.63) is 59.2 Å². The average Bonchev–Trinajstić information content (AvgIpc) is 3.23. The number of esters is 1. The van der Waals surface area contributed by atoms with Crippen molar-refractivity contribution in [3.8, 4) is 28.4 Å². The van der Waals surface area contributed by atoms with Crippen molar-refractivity contribution >= 4 is 17.6 Å². The Bertz CT molecular complexity index is 971. The molecular weight excluding hydrogens is 420 g/mol. The molecule has 1 N–H and O–H groups in total. The van der Waals surface area contributed by atoms with E-state index in [1.165, 1.54) is 0 Å². The lowest BCUT2D eigenvalue weighted by Gasteiger charge is -2.07. The molecule has 31 heavy (non-hydrogen) atoms. The number of aromatic nitrogens is 2. The van der Waals surface area contributed by atoms with Gasteiger partial charge in [0.25, 0.3) is 0 Å². The fourth-order valence-corrected chi connectivity index (χ4v) is 2.98. The van der Waals surface area contributed by atoms with Crippen molar-refractivity contribution in [1.82, 2.24) is 9.97 Å². The fourth-order valence-electron chi connectivity index (χ4n) is 2.85. The number of ether oxygens (including phenoxy) is 4. The number of H-pyrrole nitrogens is 1. The van der Waals surface area contributed by atoms with Crippen LogP contribution in [0.4, 0.5) is 0 Å². The zero-order chi connectivity index (χ0) is 22.1. The van der Waals surface area contributed by atoms with Crippen molar-refractivity contribution in [2.75, 3.05) is 40.1 Å². The molecule has 3 aromatic rings. The quantitative estimate of drug-likeness (QED) is 0.343. The molecule has 0 fully saturated rings. The van der Waals surface area contributed by atoms with Crippen molar-refractivity contribution in [1.29, 1.82) is 0 Å². The first-order valence-electron chi connectivity index (χ1n) is 9.95. The number of halogens is 1. The second-order valence-electron chi connectivity index (χ2n) is 6.51. The molecule has 0 aliphatic heterocycles. The van der Waals surface area contributed by atoms with Crippen molar-refractivity contribution in [2.45, 2.75) is 6.92 Å². The maximum atomic E-state index is 12.5. The summed E-state index contributed by atoms with van der Waals surface area (Å²) in [6.07, 6.45) is 0. The van der Waals surface area contributed by atoms with Gasteiger partial charge >= 0.3 is 5.97 Å². The van der Waals surface area contributed by atoms with Crippen LogP contribution in [0.3, 0.4) is 0 Å². The third-order valence-corrected chi connectivity index (χ3v) is 4.61. The standard InChI is InChI=1S/C23H25ClN2O5/c1-3-30-23(27)21-20(16-4-8-18(24)9-5-16)25-22(26-21)17-6-10-19(11-7-17)31-15-14-29-13-12-28-2/h4-11H,3,12-15H2,1-2H3,(H,25,26). The van der Waals surface area contributed by atoms with Gasteiger partial charge in [0.1, 0.15) is 23.9 Å². The Balaban J connectivity index is 1.75. The highest BCUT2D eigenvalue weighted by molar-refractivity contribution is 6.30. The highest BCUT2D eigenvalue weighted by Gasteiger charge is 2.20. The largest absolute Gasteiger partial charge is 0.491 e. The van der Waals surface area contributed by atoms with Crippen LogP contribution in [0.15, 0.2) is 48.5 Å². The summed E-state index contributed by atoms with van der Waals surface area (Å²) in [5.41, 5.74) is 2.39. The topological polar surface area (TPSA) is 82.7 Å². The highest BCUT2D eigenvalue weighted by Crippen LogP contribution is 2.28. The minimum atomic E-state index is -0.459. The molecule has 3 rings (SSSR count). The van der Waals surface area contributed by atoms with Gasteiger partial charge in [0.05, 0.1) is 26.4 Å². The lowest BCUT2D eigenvalue weighted by molar-refractivity contribution is 0.0521. The summed E-state index contributed by atoms with van der Waals surface area (Å²) < 4.78 is 21.2. The number of nitrogens with zero attached hydrogens (tertiary/aromatic N) is 1. The summed E-state index contributed by atoms with van der Waals surface area (Å²) in [6, 6.07) is 14.6. The van der Waals surface area contributed by atoms with E-state index in [-0.39, 0.29) is 6.61 Å².